The van der Waals surface area contributed by atoms with Crippen molar-refractivity contribution in [2.45, 2.75) is 39.0 Å². The first-order valence-electron chi connectivity index (χ1n) is 12.8. The lowest BCUT2D eigenvalue weighted by molar-refractivity contribution is -0.172. The molecular formula is C29H24N4O6. The quantitative estimate of drug-likeness (QED) is 0.339. The summed E-state index contributed by atoms with van der Waals surface area (Å²) in [5.41, 5.74) is 2.46. The summed E-state index contributed by atoms with van der Waals surface area (Å²) in [5.74, 6) is -0.0847. The second-order valence-electron chi connectivity index (χ2n) is 9.78. The summed E-state index contributed by atoms with van der Waals surface area (Å²) < 4.78 is 12.3. The molecular weight excluding hydrogens is 500 g/mol. The fourth-order valence-electron chi connectivity index (χ4n) is 5.83. The summed E-state index contributed by atoms with van der Waals surface area (Å²) in [6, 6.07) is 14.1. The van der Waals surface area contributed by atoms with Gasteiger partial charge in [0, 0.05) is 16.5 Å². The molecule has 39 heavy (non-hydrogen) atoms. The number of esters is 1. The number of carbonyl (C=O) groups is 2. The van der Waals surface area contributed by atoms with Crippen LogP contribution in [0.1, 0.15) is 37.0 Å². The number of urea groups is 1. The summed E-state index contributed by atoms with van der Waals surface area (Å²) in [4.78, 5) is 46.3. The minimum atomic E-state index is -1.92. The van der Waals surface area contributed by atoms with Crippen LogP contribution in [0, 0.1) is 0 Å². The van der Waals surface area contributed by atoms with Gasteiger partial charge in [0.25, 0.3) is 5.56 Å². The van der Waals surface area contributed by atoms with Crippen LogP contribution in [0.2, 0.25) is 0 Å². The topological polar surface area (TPSA) is 123 Å². The number of cyclic esters (lactones) is 1. The number of anilines is 3. The molecule has 0 fully saturated rings. The number of nitrogens with one attached hydrogen (secondary N) is 1. The lowest BCUT2D eigenvalue weighted by Crippen LogP contribution is -2.44. The Morgan fingerprint density at radius 1 is 1.10 bits per heavy atom. The van der Waals surface area contributed by atoms with E-state index in [1.165, 1.54) is 0 Å². The number of ether oxygens (including phenoxy) is 2. The van der Waals surface area contributed by atoms with E-state index in [2.05, 4.69) is 5.32 Å². The summed E-state index contributed by atoms with van der Waals surface area (Å²) >= 11 is 0. The van der Waals surface area contributed by atoms with Crippen LogP contribution in [0.15, 0.2) is 53.3 Å². The van der Waals surface area contributed by atoms with Gasteiger partial charge in [-0.2, -0.15) is 0 Å². The van der Waals surface area contributed by atoms with E-state index in [0.717, 1.165) is 5.39 Å². The number of pyridine rings is 2. The van der Waals surface area contributed by atoms with Crippen molar-refractivity contribution in [2.24, 2.45) is 0 Å². The maximum Gasteiger partial charge on any atom is 0.343 e. The van der Waals surface area contributed by atoms with Crippen molar-refractivity contribution in [3.05, 3.63) is 75.6 Å². The predicted octanol–water partition coefficient (Wildman–Crippen LogP) is 4.16. The van der Waals surface area contributed by atoms with E-state index < -0.39 is 11.6 Å². The number of carbonyl (C=O) groups excluding carboxylic acids is 2. The van der Waals surface area contributed by atoms with Gasteiger partial charge in [0.15, 0.2) is 5.60 Å². The van der Waals surface area contributed by atoms with E-state index in [-0.39, 0.29) is 42.3 Å². The van der Waals surface area contributed by atoms with Gasteiger partial charge in [-0.25, -0.2) is 14.6 Å². The molecule has 2 aromatic carbocycles. The first-order chi connectivity index (χ1) is 18.9. The van der Waals surface area contributed by atoms with Crippen molar-refractivity contribution in [1.29, 1.82) is 0 Å². The van der Waals surface area contributed by atoms with Gasteiger partial charge in [0.1, 0.15) is 12.4 Å². The Balaban J connectivity index is 1.49. The Morgan fingerprint density at radius 3 is 2.64 bits per heavy atom. The fourth-order valence-corrected chi connectivity index (χ4v) is 5.83. The van der Waals surface area contributed by atoms with Crippen LogP contribution in [-0.2, 0) is 28.3 Å². The van der Waals surface area contributed by atoms with Crippen LogP contribution in [0.25, 0.3) is 22.3 Å². The van der Waals surface area contributed by atoms with Crippen molar-refractivity contribution in [3.8, 4) is 17.1 Å². The molecule has 3 aliphatic rings. The van der Waals surface area contributed by atoms with Crippen molar-refractivity contribution in [1.82, 2.24) is 9.55 Å². The molecule has 2 N–H and O–H groups in total. The minimum Gasteiger partial charge on any atom is -0.494 e. The molecule has 1 atom stereocenters. The molecule has 7 rings (SSSR count). The number of rotatable bonds is 4. The lowest BCUT2D eigenvalue weighted by atomic mass is 9.86. The zero-order valence-electron chi connectivity index (χ0n) is 21.3. The summed E-state index contributed by atoms with van der Waals surface area (Å²) in [6.07, 6.45) is 0.0556. The maximum atomic E-state index is 13.7. The first-order valence-corrected chi connectivity index (χ1v) is 12.8. The molecule has 0 aliphatic carbocycles. The number of amides is 2. The van der Waals surface area contributed by atoms with Crippen molar-refractivity contribution < 1.29 is 24.2 Å². The third-order valence-corrected chi connectivity index (χ3v) is 7.76. The number of aromatic nitrogens is 2. The van der Waals surface area contributed by atoms with Crippen LogP contribution in [-0.4, -0.2) is 33.3 Å². The number of hydrogen-bond donors (Lipinski definition) is 2. The Hall–Kier alpha value is -4.70. The number of hydrogen-bond acceptors (Lipinski definition) is 7. The Labute approximate surface area is 222 Å². The molecule has 0 spiro atoms. The Morgan fingerprint density at radius 2 is 1.90 bits per heavy atom. The van der Waals surface area contributed by atoms with E-state index in [1.54, 1.807) is 34.6 Å². The van der Waals surface area contributed by atoms with Gasteiger partial charge in [-0.3, -0.25) is 9.69 Å². The van der Waals surface area contributed by atoms with Crippen molar-refractivity contribution in [2.75, 3.05) is 16.8 Å². The van der Waals surface area contributed by atoms with E-state index in [0.29, 0.717) is 51.9 Å². The zero-order valence-corrected chi connectivity index (χ0v) is 21.3. The van der Waals surface area contributed by atoms with Crippen LogP contribution >= 0.6 is 0 Å². The van der Waals surface area contributed by atoms with Gasteiger partial charge in [-0.1, -0.05) is 13.0 Å². The zero-order chi connectivity index (χ0) is 27.1. The van der Waals surface area contributed by atoms with Gasteiger partial charge < -0.3 is 24.5 Å². The highest BCUT2D eigenvalue weighted by atomic mass is 16.6. The molecule has 0 unspecified atom stereocenters. The SMILES string of the molecule is CCOc1ccc(N2C(=O)Nc3cccc4nc5c(c2c34)Cn2c-5cc3c(c2=O)COC(=O)[C@]3(O)CC)cc1. The van der Waals surface area contributed by atoms with Crippen molar-refractivity contribution in [3.63, 3.8) is 0 Å². The van der Waals surface area contributed by atoms with Crippen LogP contribution in [0.3, 0.4) is 0 Å². The van der Waals surface area contributed by atoms with Gasteiger partial charge >= 0.3 is 12.0 Å². The molecule has 10 nitrogen and oxygen atoms in total. The monoisotopic (exact) mass is 524 g/mol. The minimum absolute atomic E-state index is 0.0556. The first kappa shape index (κ1) is 23.4. The molecule has 0 radical (unpaired) electrons. The van der Waals surface area contributed by atoms with Crippen molar-refractivity contribution >= 4 is 40.0 Å². The molecule has 5 heterocycles. The van der Waals surface area contributed by atoms with E-state index in [4.69, 9.17) is 14.5 Å². The summed E-state index contributed by atoms with van der Waals surface area (Å²) in [6.45, 7) is 4.05. The standard InChI is InChI=1S/C29H24N4O6/c1-3-29(37)19-12-22-24-17(13-32(22)26(34)18(19)14-39-27(29)35)25-23-20(30-24)6-5-7-21(23)31-28(36)33(25)15-8-10-16(11-9-15)38-4-2/h5-12,37H,3-4,13-14H2,1-2H3,(H,31,36)/t29-/m0/s1. The molecule has 0 saturated carbocycles. The fraction of sp³-hybridized carbons (Fsp3) is 0.241. The lowest BCUT2D eigenvalue weighted by Gasteiger charge is -2.31. The highest BCUT2D eigenvalue weighted by molar-refractivity contribution is 6.22. The highest BCUT2D eigenvalue weighted by Gasteiger charge is 2.46. The molecule has 3 aliphatic heterocycles. The Kier molecular flexibility index (Phi) is 4.89. The average molecular weight is 525 g/mol. The van der Waals surface area contributed by atoms with Gasteiger partial charge in [-0.15, -0.1) is 0 Å². The van der Waals surface area contributed by atoms with Crippen LogP contribution < -0.4 is 20.5 Å². The number of benzene rings is 2. The van der Waals surface area contributed by atoms with E-state index in [1.807, 2.05) is 37.3 Å². The van der Waals surface area contributed by atoms with Crippen LogP contribution in [0.5, 0.6) is 5.75 Å². The second kappa shape index (κ2) is 8.15. The molecule has 196 valence electrons. The number of nitrogens with zero attached hydrogens (tertiary/aromatic N) is 3. The maximum absolute atomic E-state index is 13.7. The molecule has 10 heteroatoms. The number of fused-ring (bicyclic) bond motifs is 5. The summed E-state index contributed by atoms with van der Waals surface area (Å²) in [7, 11) is 0. The number of aliphatic hydroxyl groups is 1. The second-order valence-corrected chi connectivity index (χ2v) is 9.78. The van der Waals surface area contributed by atoms with E-state index >= 15 is 0 Å². The van der Waals surface area contributed by atoms with E-state index in [9.17, 15) is 19.5 Å². The predicted molar refractivity (Wildman–Crippen MR) is 143 cm³/mol. The molecule has 0 bridgehead atoms. The molecule has 0 saturated heterocycles. The average Bonchev–Trinajstić information content (AvgIpc) is 3.31. The smallest absolute Gasteiger partial charge is 0.343 e. The summed E-state index contributed by atoms with van der Waals surface area (Å²) in [5, 5.41) is 14.9. The largest absolute Gasteiger partial charge is 0.494 e. The third-order valence-electron chi connectivity index (χ3n) is 7.76. The molecule has 2 aromatic heterocycles. The molecule has 4 aromatic rings. The van der Waals surface area contributed by atoms with Gasteiger partial charge in [-0.05, 0) is 55.8 Å². The van der Waals surface area contributed by atoms with Gasteiger partial charge in [0.2, 0.25) is 0 Å². The molecule has 2 amide bonds. The third kappa shape index (κ3) is 3.12. The normalized spacial score (nSPS) is 18.8. The van der Waals surface area contributed by atoms with Gasteiger partial charge in [0.05, 0.1) is 52.7 Å². The van der Waals surface area contributed by atoms with Crippen LogP contribution in [0.4, 0.5) is 21.9 Å². The Bertz CT molecular complexity index is 1800. The highest BCUT2D eigenvalue weighted by Crippen LogP contribution is 2.48.